The van der Waals surface area contributed by atoms with E-state index in [1.54, 1.807) is 25.3 Å². The van der Waals surface area contributed by atoms with E-state index >= 15 is 0 Å². The Bertz CT molecular complexity index is 450. The third-order valence-electron chi connectivity index (χ3n) is 3.64. The van der Waals surface area contributed by atoms with E-state index in [1.165, 1.54) is 6.42 Å². The number of benzene rings is 1. The van der Waals surface area contributed by atoms with Crippen molar-refractivity contribution in [3.05, 3.63) is 23.8 Å². The molecule has 0 bridgehead atoms. The first kappa shape index (κ1) is 12.7. The van der Waals surface area contributed by atoms with Crippen LogP contribution in [0.4, 0.5) is 11.4 Å². The molecule has 0 spiro atoms. The number of primary amides is 1. The van der Waals surface area contributed by atoms with Gasteiger partial charge >= 0.3 is 0 Å². The maximum absolute atomic E-state index is 11.1. The molecule has 1 fully saturated rings. The van der Waals surface area contributed by atoms with Crippen LogP contribution < -0.4 is 16.8 Å². The number of methoxy groups -OCH3 is 1. The maximum Gasteiger partial charge on any atom is 0.248 e. The van der Waals surface area contributed by atoms with E-state index in [1.807, 2.05) is 0 Å². The summed E-state index contributed by atoms with van der Waals surface area (Å²) >= 11 is 0. The van der Waals surface area contributed by atoms with E-state index in [4.69, 9.17) is 16.2 Å². The lowest BCUT2D eigenvalue weighted by atomic mass is 9.80. The lowest BCUT2D eigenvalue weighted by Crippen LogP contribution is -2.45. The fraction of sp³-hybridized carbons (Fsp3) is 0.462. The highest BCUT2D eigenvalue weighted by Crippen LogP contribution is 2.35. The van der Waals surface area contributed by atoms with Gasteiger partial charge in [0.15, 0.2) is 0 Å². The predicted octanol–water partition coefficient (Wildman–Crippen LogP) is 1.35. The molecule has 98 valence electrons. The van der Waals surface area contributed by atoms with Gasteiger partial charge < -0.3 is 21.5 Å². The minimum Gasteiger partial charge on any atom is -0.397 e. The van der Waals surface area contributed by atoms with Gasteiger partial charge in [-0.1, -0.05) is 0 Å². The van der Waals surface area contributed by atoms with E-state index in [-0.39, 0.29) is 5.60 Å². The van der Waals surface area contributed by atoms with Crippen LogP contribution in [-0.2, 0) is 4.74 Å². The van der Waals surface area contributed by atoms with Gasteiger partial charge in [0.2, 0.25) is 5.91 Å². The molecule has 0 radical (unpaired) electrons. The second-order valence-electron chi connectivity index (χ2n) is 4.76. The van der Waals surface area contributed by atoms with E-state index in [0.717, 1.165) is 18.5 Å². The quantitative estimate of drug-likeness (QED) is 0.687. The molecule has 1 aromatic carbocycles. The average molecular weight is 249 g/mol. The summed E-state index contributed by atoms with van der Waals surface area (Å²) in [5.41, 5.74) is 12.8. The van der Waals surface area contributed by atoms with Gasteiger partial charge in [-0.2, -0.15) is 0 Å². The molecule has 1 aromatic rings. The fourth-order valence-corrected chi connectivity index (χ4v) is 2.14. The topological polar surface area (TPSA) is 90.4 Å². The smallest absolute Gasteiger partial charge is 0.248 e. The maximum atomic E-state index is 11.1. The lowest BCUT2D eigenvalue weighted by molar-refractivity contribution is -0.0601. The second kappa shape index (κ2) is 4.86. The van der Waals surface area contributed by atoms with Crippen molar-refractivity contribution in [2.45, 2.75) is 24.9 Å². The Morgan fingerprint density at radius 3 is 2.72 bits per heavy atom. The van der Waals surface area contributed by atoms with Crippen LogP contribution >= 0.6 is 0 Å². The number of anilines is 2. The molecule has 1 aliphatic rings. The van der Waals surface area contributed by atoms with Crippen LogP contribution in [0.2, 0.25) is 0 Å². The molecule has 5 heteroatoms. The molecule has 0 aromatic heterocycles. The predicted molar refractivity (Wildman–Crippen MR) is 71.5 cm³/mol. The summed E-state index contributed by atoms with van der Waals surface area (Å²) in [5.74, 6) is -0.455. The Kier molecular flexibility index (Phi) is 3.43. The molecule has 2 rings (SSSR count). The van der Waals surface area contributed by atoms with Crippen molar-refractivity contribution in [2.24, 2.45) is 5.73 Å². The average Bonchev–Trinajstić information content (AvgIpc) is 2.30. The summed E-state index contributed by atoms with van der Waals surface area (Å²) in [6.07, 6.45) is 3.28. The highest BCUT2D eigenvalue weighted by atomic mass is 16.5. The molecular formula is C13H19N3O2. The lowest BCUT2D eigenvalue weighted by Gasteiger charge is -2.40. The largest absolute Gasteiger partial charge is 0.397 e. The van der Waals surface area contributed by atoms with Crippen molar-refractivity contribution >= 4 is 17.3 Å². The highest BCUT2D eigenvalue weighted by molar-refractivity contribution is 5.94. The molecule has 0 aliphatic heterocycles. The number of rotatable bonds is 5. The van der Waals surface area contributed by atoms with Crippen molar-refractivity contribution in [1.82, 2.24) is 0 Å². The zero-order valence-corrected chi connectivity index (χ0v) is 10.5. The fourth-order valence-electron chi connectivity index (χ4n) is 2.14. The standard InChI is InChI=1S/C13H19N3O2/c1-18-13(5-2-6-13)8-16-11-7-9(12(15)17)3-4-10(11)14/h3-4,7,16H,2,5-6,8,14H2,1H3,(H2,15,17). The number of ether oxygens (including phenoxy) is 1. The number of nitrogen functional groups attached to an aromatic ring is 1. The zero-order valence-electron chi connectivity index (χ0n) is 10.5. The van der Waals surface area contributed by atoms with E-state index < -0.39 is 5.91 Å². The molecular weight excluding hydrogens is 230 g/mol. The molecule has 0 atom stereocenters. The van der Waals surface area contributed by atoms with Gasteiger partial charge in [0.05, 0.1) is 17.0 Å². The number of amides is 1. The van der Waals surface area contributed by atoms with Gasteiger partial charge in [-0.05, 0) is 37.5 Å². The molecule has 0 heterocycles. The Morgan fingerprint density at radius 2 is 2.22 bits per heavy atom. The van der Waals surface area contributed by atoms with Crippen molar-refractivity contribution in [3.8, 4) is 0 Å². The third-order valence-corrected chi connectivity index (χ3v) is 3.64. The number of nitrogens with two attached hydrogens (primary N) is 2. The summed E-state index contributed by atoms with van der Waals surface area (Å²) in [5, 5.41) is 3.24. The molecule has 0 unspecified atom stereocenters. The Morgan fingerprint density at radius 1 is 1.50 bits per heavy atom. The molecule has 1 amide bonds. The molecule has 5 nitrogen and oxygen atoms in total. The molecule has 1 aliphatic carbocycles. The number of nitrogens with one attached hydrogen (secondary N) is 1. The molecule has 5 N–H and O–H groups in total. The van der Waals surface area contributed by atoms with Gasteiger partial charge in [0.1, 0.15) is 0 Å². The van der Waals surface area contributed by atoms with Gasteiger partial charge in [-0.15, -0.1) is 0 Å². The zero-order chi connectivity index (χ0) is 13.2. The van der Waals surface area contributed by atoms with Crippen LogP contribution in [0, 0.1) is 0 Å². The Balaban J connectivity index is 2.08. The second-order valence-corrected chi connectivity index (χ2v) is 4.76. The van der Waals surface area contributed by atoms with Crippen LogP contribution in [0.3, 0.4) is 0 Å². The number of carbonyl (C=O) groups is 1. The monoisotopic (exact) mass is 249 g/mol. The summed E-state index contributed by atoms with van der Waals surface area (Å²) < 4.78 is 5.52. The minimum absolute atomic E-state index is 0.0881. The Labute approximate surface area is 106 Å². The molecule has 1 saturated carbocycles. The van der Waals surface area contributed by atoms with Gasteiger partial charge in [0.25, 0.3) is 0 Å². The Hall–Kier alpha value is -1.75. The first-order valence-electron chi connectivity index (χ1n) is 6.05. The molecule has 0 saturated heterocycles. The van der Waals surface area contributed by atoms with Crippen molar-refractivity contribution in [3.63, 3.8) is 0 Å². The van der Waals surface area contributed by atoms with Gasteiger partial charge in [0, 0.05) is 19.2 Å². The van der Waals surface area contributed by atoms with Gasteiger partial charge in [-0.3, -0.25) is 4.79 Å². The highest BCUT2D eigenvalue weighted by Gasteiger charge is 2.36. The van der Waals surface area contributed by atoms with Crippen LogP contribution in [0.15, 0.2) is 18.2 Å². The van der Waals surface area contributed by atoms with Crippen LogP contribution in [0.5, 0.6) is 0 Å². The SMILES string of the molecule is COC1(CNc2cc(C(N)=O)ccc2N)CCC1. The van der Waals surface area contributed by atoms with E-state index in [0.29, 0.717) is 17.8 Å². The summed E-state index contributed by atoms with van der Waals surface area (Å²) in [4.78, 5) is 11.1. The number of hydrogen-bond donors (Lipinski definition) is 3. The van der Waals surface area contributed by atoms with Crippen LogP contribution in [0.25, 0.3) is 0 Å². The van der Waals surface area contributed by atoms with Crippen LogP contribution in [-0.4, -0.2) is 25.2 Å². The summed E-state index contributed by atoms with van der Waals surface area (Å²) in [7, 11) is 1.73. The van der Waals surface area contributed by atoms with Crippen molar-refractivity contribution < 1.29 is 9.53 Å². The first-order chi connectivity index (χ1) is 8.56. The normalized spacial score (nSPS) is 16.9. The molecule has 18 heavy (non-hydrogen) atoms. The van der Waals surface area contributed by atoms with E-state index in [2.05, 4.69) is 5.32 Å². The number of carbonyl (C=O) groups excluding carboxylic acids is 1. The van der Waals surface area contributed by atoms with Crippen molar-refractivity contribution in [2.75, 3.05) is 24.7 Å². The van der Waals surface area contributed by atoms with Gasteiger partial charge in [-0.25, -0.2) is 0 Å². The van der Waals surface area contributed by atoms with Crippen molar-refractivity contribution in [1.29, 1.82) is 0 Å². The minimum atomic E-state index is -0.455. The first-order valence-corrected chi connectivity index (χ1v) is 6.05. The number of hydrogen-bond acceptors (Lipinski definition) is 4. The summed E-state index contributed by atoms with van der Waals surface area (Å²) in [6.45, 7) is 0.690. The summed E-state index contributed by atoms with van der Waals surface area (Å²) in [6, 6.07) is 4.99. The van der Waals surface area contributed by atoms with Crippen LogP contribution in [0.1, 0.15) is 29.6 Å². The van der Waals surface area contributed by atoms with E-state index in [9.17, 15) is 4.79 Å². The third kappa shape index (κ3) is 2.41.